The number of morpholine rings is 1. The van der Waals surface area contributed by atoms with Crippen LogP contribution in [0.15, 0.2) is 58.3 Å². The molecule has 170 valence electrons. The summed E-state index contributed by atoms with van der Waals surface area (Å²) in [5.41, 5.74) is 0.663. The van der Waals surface area contributed by atoms with Gasteiger partial charge in [-0.25, -0.2) is 21.1 Å². The zero-order valence-electron chi connectivity index (χ0n) is 16.9. The van der Waals surface area contributed by atoms with Gasteiger partial charge < -0.3 is 10.1 Å². The van der Waals surface area contributed by atoms with Gasteiger partial charge in [0.25, 0.3) is 15.9 Å². The largest absolute Gasteiger partial charge is 0.379 e. The highest BCUT2D eigenvalue weighted by atomic mass is 32.2. The molecule has 1 N–H and O–H groups in total. The Morgan fingerprint density at radius 1 is 1.03 bits per heavy atom. The van der Waals surface area contributed by atoms with Gasteiger partial charge in [-0.15, -0.1) is 0 Å². The maximum absolute atomic E-state index is 12.6. The van der Waals surface area contributed by atoms with Crippen molar-refractivity contribution in [2.24, 2.45) is 0 Å². The van der Waals surface area contributed by atoms with Crippen molar-refractivity contribution >= 4 is 31.9 Å². The average Bonchev–Trinajstić information content (AvgIpc) is 2.99. The molecule has 0 spiro atoms. The van der Waals surface area contributed by atoms with Crippen LogP contribution in [-0.4, -0.2) is 70.1 Å². The summed E-state index contributed by atoms with van der Waals surface area (Å²) in [7, 11) is -7.68. The van der Waals surface area contributed by atoms with E-state index in [1.807, 2.05) is 0 Å². The molecule has 0 aromatic heterocycles. The lowest BCUT2D eigenvalue weighted by molar-refractivity contribution is -0.121. The fraction of sp³-hybridized carbons (Fsp3) is 0.300. The second-order valence-corrected chi connectivity index (χ2v) is 11.0. The topological polar surface area (TPSA) is 130 Å². The van der Waals surface area contributed by atoms with Gasteiger partial charge in [0.1, 0.15) is 11.4 Å². The summed E-state index contributed by atoms with van der Waals surface area (Å²) in [5, 5.41) is 2.56. The second kappa shape index (κ2) is 8.62. The van der Waals surface area contributed by atoms with E-state index in [0.717, 1.165) is 0 Å². The summed E-state index contributed by atoms with van der Waals surface area (Å²) in [6, 6.07) is 11.8. The molecule has 0 unspecified atom stereocenters. The lowest BCUT2D eigenvalue weighted by Crippen LogP contribution is -2.40. The summed E-state index contributed by atoms with van der Waals surface area (Å²) >= 11 is 0. The quantitative estimate of drug-likeness (QED) is 0.625. The lowest BCUT2D eigenvalue weighted by atomic mass is 10.2. The highest BCUT2D eigenvalue weighted by Gasteiger charge is 2.41. The molecule has 0 aliphatic carbocycles. The van der Waals surface area contributed by atoms with Crippen LogP contribution in [0.25, 0.3) is 0 Å². The Labute approximate surface area is 185 Å². The van der Waals surface area contributed by atoms with E-state index in [4.69, 9.17) is 4.74 Å². The van der Waals surface area contributed by atoms with Gasteiger partial charge in [0.15, 0.2) is 0 Å². The van der Waals surface area contributed by atoms with Crippen LogP contribution >= 0.6 is 0 Å². The third-order valence-corrected chi connectivity index (χ3v) is 8.92. The second-order valence-electron chi connectivity index (χ2n) is 7.25. The molecule has 1 fully saturated rings. The van der Waals surface area contributed by atoms with Crippen molar-refractivity contribution in [2.45, 2.75) is 16.3 Å². The van der Waals surface area contributed by atoms with Crippen molar-refractivity contribution in [3.63, 3.8) is 0 Å². The van der Waals surface area contributed by atoms with Crippen LogP contribution in [0.5, 0.6) is 0 Å². The van der Waals surface area contributed by atoms with E-state index < -0.39 is 38.4 Å². The summed E-state index contributed by atoms with van der Waals surface area (Å²) < 4.78 is 57.4. The zero-order chi connectivity index (χ0) is 22.9. The molecule has 2 aromatic rings. The zero-order valence-corrected chi connectivity index (χ0v) is 18.6. The fourth-order valence-electron chi connectivity index (χ4n) is 3.49. The fourth-order valence-corrected chi connectivity index (χ4v) is 6.42. The molecule has 0 saturated carbocycles. The van der Waals surface area contributed by atoms with Crippen LogP contribution in [0, 0.1) is 0 Å². The smallest absolute Gasteiger partial charge is 0.269 e. The van der Waals surface area contributed by atoms with Crippen LogP contribution in [0.2, 0.25) is 0 Å². The van der Waals surface area contributed by atoms with Gasteiger partial charge in [-0.3, -0.25) is 9.59 Å². The molecule has 2 aromatic carbocycles. The molecule has 1 saturated heterocycles. The number of amides is 2. The standard InChI is InChI=1S/C20H21N3O7S2/c24-19(14-23-20(25)17-3-1-2-4-18(17)32(23,28)29)21-13-15-5-7-16(8-6-15)31(26,27)22-9-11-30-12-10-22/h1-8H,9-14H2,(H,21,24). The minimum Gasteiger partial charge on any atom is -0.379 e. The molecular weight excluding hydrogens is 458 g/mol. The molecule has 2 aliphatic rings. The van der Waals surface area contributed by atoms with Gasteiger partial charge >= 0.3 is 0 Å². The van der Waals surface area contributed by atoms with Gasteiger partial charge in [-0.2, -0.15) is 4.31 Å². The number of hydrogen-bond donors (Lipinski definition) is 1. The molecule has 4 rings (SSSR count). The number of carbonyl (C=O) groups is 2. The van der Waals surface area contributed by atoms with E-state index >= 15 is 0 Å². The number of nitrogens with zero attached hydrogens (tertiary/aromatic N) is 2. The molecule has 0 radical (unpaired) electrons. The number of nitrogens with one attached hydrogen (secondary N) is 1. The number of rotatable bonds is 6. The van der Waals surface area contributed by atoms with Crippen LogP contribution in [0.1, 0.15) is 15.9 Å². The number of ether oxygens (including phenoxy) is 1. The van der Waals surface area contributed by atoms with E-state index in [0.29, 0.717) is 36.2 Å². The SMILES string of the molecule is O=C(CN1C(=O)c2ccccc2S1(=O)=O)NCc1ccc(S(=O)(=O)N2CCOCC2)cc1. The van der Waals surface area contributed by atoms with Gasteiger partial charge in [0.05, 0.1) is 23.7 Å². The van der Waals surface area contributed by atoms with E-state index in [1.165, 1.54) is 34.6 Å². The molecule has 32 heavy (non-hydrogen) atoms. The first-order valence-electron chi connectivity index (χ1n) is 9.81. The number of sulfonamides is 2. The maximum atomic E-state index is 12.6. The van der Waals surface area contributed by atoms with Crippen LogP contribution in [0.3, 0.4) is 0 Å². The van der Waals surface area contributed by atoms with Crippen molar-refractivity contribution < 1.29 is 31.2 Å². The highest BCUT2D eigenvalue weighted by molar-refractivity contribution is 7.90. The third-order valence-electron chi connectivity index (χ3n) is 5.22. The molecule has 2 heterocycles. The Kier molecular flexibility index (Phi) is 6.03. The van der Waals surface area contributed by atoms with Crippen LogP contribution in [-0.2, 0) is 36.1 Å². The van der Waals surface area contributed by atoms with Gasteiger partial charge in [0, 0.05) is 19.6 Å². The van der Waals surface area contributed by atoms with E-state index in [-0.39, 0.29) is 21.9 Å². The summed E-state index contributed by atoms with van der Waals surface area (Å²) in [6.45, 7) is 0.697. The molecular formula is C20H21N3O7S2. The normalized spacial score (nSPS) is 18.4. The number of benzene rings is 2. The van der Waals surface area contributed by atoms with Crippen LogP contribution < -0.4 is 5.32 Å². The molecule has 12 heteroatoms. The predicted molar refractivity (Wildman–Crippen MR) is 113 cm³/mol. The Hall–Kier alpha value is -2.80. The van der Waals surface area contributed by atoms with Gasteiger partial charge in [-0.05, 0) is 29.8 Å². The first-order chi connectivity index (χ1) is 15.2. The Morgan fingerprint density at radius 3 is 2.34 bits per heavy atom. The first-order valence-corrected chi connectivity index (χ1v) is 12.7. The third kappa shape index (κ3) is 4.13. The predicted octanol–water partition coefficient (Wildman–Crippen LogP) is 0.168. The lowest BCUT2D eigenvalue weighted by Gasteiger charge is -2.26. The summed E-state index contributed by atoms with van der Waals surface area (Å²) in [4.78, 5) is 24.7. The Morgan fingerprint density at radius 2 is 1.69 bits per heavy atom. The maximum Gasteiger partial charge on any atom is 0.269 e. The van der Waals surface area contributed by atoms with Crippen LogP contribution in [0.4, 0.5) is 0 Å². The van der Waals surface area contributed by atoms with Crippen molar-refractivity contribution in [2.75, 3.05) is 32.8 Å². The molecule has 0 atom stereocenters. The minimum atomic E-state index is -4.06. The monoisotopic (exact) mass is 479 g/mol. The highest BCUT2D eigenvalue weighted by Crippen LogP contribution is 2.29. The Balaban J connectivity index is 1.37. The average molecular weight is 480 g/mol. The van der Waals surface area contributed by atoms with E-state index in [2.05, 4.69) is 5.32 Å². The van der Waals surface area contributed by atoms with E-state index in [9.17, 15) is 26.4 Å². The molecule has 2 amide bonds. The van der Waals surface area contributed by atoms with Crippen molar-refractivity contribution in [3.8, 4) is 0 Å². The Bertz CT molecular complexity index is 1250. The number of carbonyl (C=O) groups excluding carboxylic acids is 2. The van der Waals surface area contributed by atoms with Crippen molar-refractivity contribution in [3.05, 3.63) is 59.7 Å². The van der Waals surface area contributed by atoms with Crippen molar-refractivity contribution in [1.29, 1.82) is 0 Å². The number of hydrogen-bond acceptors (Lipinski definition) is 7. The minimum absolute atomic E-state index is 0.0392. The van der Waals surface area contributed by atoms with E-state index in [1.54, 1.807) is 18.2 Å². The first kappa shape index (κ1) is 22.4. The van der Waals surface area contributed by atoms with Crippen molar-refractivity contribution in [1.82, 2.24) is 13.9 Å². The summed E-state index contributed by atoms with van der Waals surface area (Å²) in [5.74, 6) is -1.40. The number of fused-ring (bicyclic) bond motifs is 1. The molecule has 10 nitrogen and oxygen atoms in total. The molecule has 0 bridgehead atoms. The van der Waals surface area contributed by atoms with Gasteiger partial charge in [-0.1, -0.05) is 24.3 Å². The molecule has 2 aliphatic heterocycles. The summed E-state index contributed by atoms with van der Waals surface area (Å²) in [6.07, 6.45) is 0. The van der Waals surface area contributed by atoms with Gasteiger partial charge in [0.2, 0.25) is 15.9 Å².